The molecule has 0 aromatic heterocycles. The van der Waals surface area contributed by atoms with Crippen molar-refractivity contribution in [1.29, 1.82) is 0 Å². The first-order chi connectivity index (χ1) is 11.2. The molecule has 3 rings (SSSR count). The molecule has 0 saturated carbocycles. The minimum atomic E-state index is -5.25. The summed E-state index contributed by atoms with van der Waals surface area (Å²) >= 11 is 0. The Labute approximate surface area is 138 Å². The monoisotopic (exact) mass is 354 g/mol. The zero-order chi connectivity index (χ0) is 17.5. The van der Waals surface area contributed by atoms with E-state index in [-0.39, 0.29) is 24.4 Å². The summed E-state index contributed by atoms with van der Waals surface area (Å²) in [5.74, 6) is -0.905. The normalized spacial score (nSPS) is 20.9. The molecule has 2 radical (unpaired) electrons. The van der Waals surface area contributed by atoms with Gasteiger partial charge in [-0.05, 0) is 17.9 Å². The van der Waals surface area contributed by atoms with Gasteiger partial charge < -0.3 is 13.8 Å². The molecule has 1 saturated heterocycles. The first kappa shape index (κ1) is 16.6. The van der Waals surface area contributed by atoms with E-state index < -0.39 is 28.2 Å². The SMILES string of the molecule is [B]c1cc2c(cc1OS(=O)(=O)F)N(C1CCC(=O)NC1=O)CCO2. The van der Waals surface area contributed by atoms with E-state index in [1.807, 2.05) is 0 Å². The second-order valence-electron chi connectivity index (χ2n) is 5.34. The second-order valence-corrected chi connectivity index (χ2v) is 6.30. The number of nitrogens with zero attached hydrogens (tertiary/aromatic N) is 1. The number of imide groups is 1. The number of halogens is 1. The van der Waals surface area contributed by atoms with Gasteiger partial charge >= 0.3 is 10.5 Å². The van der Waals surface area contributed by atoms with Gasteiger partial charge in [-0.15, -0.1) is 0 Å². The van der Waals surface area contributed by atoms with Gasteiger partial charge in [0, 0.05) is 12.5 Å². The Bertz CT molecular complexity index is 815. The van der Waals surface area contributed by atoms with Crippen molar-refractivity contribution in [3.8, 4) is 11.5 Å². The molecule has 1 atom stereocenters. The van der Waals surface area contributed by atoms with Crippen LogP contribution in [-0.4, -0.2) is 47.3 Å². The number of benzene rings is 1. The van der Waals surface area contributed by atoms with Crippen molar-refractivity contribution in [2.24, 2.45) is 0 Å². The lowest BCUT2D eigenvalue weighted by Crippen LogP contribution is -2.54. The third kappa shape index (κ3) is 3.30. The van der Waals surface area contributed by atoms with Gasteiger partial charge in [0.05, 0.1) is 12.2 Å². The lowest BCUT2D eigenvalue weighted by atomic mass is 9.93. The molecule has 0 bridgehead atoms. The predicted molar refractivity (Wildman–Crippen MR) is 81.5 cm³/mol. The summed E-state index contributed by atoms with van der Waals surface area (Å²) in [5, 5.41) is 2.25. The van der Waals surface area contributed by atoms with Gasteiger partial charge in [0.25, 0.3) is 0 Å². The Morgan fingerprint density at radius 2 is 2.12 bits per heavy atom. The minimum Gasteiger partial charge on any atom is -0.490 e. The number of hydrogen-bond donors (Lipinski definition) is 1. The van der Waals surface area contributed by atoms with Crippen molar-refractivity contribution < 1.29 is 30.8 Å². The summed E-state index contributed by atoms with van der Waals surface area (Å²) in [6.07, 6.45) is 0.479. The van der Waals surface area contributed by atoms with E-state index in [0.717, 1.165) is 0 Å². The Morgan fingerprint density at radius 1 is 1.38 bits per heavy atom. The first-order valence-electron chi connectivity index (χ1n) is 7.05. The van der Waals surface area contributed by atoms with Gasteiger partial charge in [0.1, 0.15) is 32.0 Å². The lowest BCUT2D eigenvalue weighted by molar-refractivity contribution is -0.134. The predicted octanol–water partition coefficient (Wildman–Crippen LogP) is -0.922. The number of amides is 2. The molecule has 0 aliphatic carbocycles. The molecular formula is C13H12BFN2O6S. The first-order valence-corrected chi connectivity index (χ1v) is 8.36. The number of ether oxygens (including phenoxy) is 1. The molecule has 24 heavy (non-hydrogen) atoms. The summed E-state index contributed by atoms with van der Waals surface area (Å²) in [7, 11) is 0.393. The van der Waals surface area contributed by atoms with Crippen molar-refractivity contribution in [1.82, 2.24) is 5.32 Å². The number of hydrogen-bond acceptors (Lipinski definition) is 7. The number of piperidine rings is 1. The third-order valence-corrected chi connectivity index (χ3v) is 4.14. The van der Waals surface area contributed by atoms with Crippen molar-refractivity contribution in [3.63, 3.8) is 0 Å². The van der Waals surface area contributed by atoms with Gasteiger partial charge in [-0.25, -0.2) is 0 Å². The summed E-state index contributed by atoms with van der Waals surface area (Å²) in [6.45, 7) is 0.594. The zero-order valence-electron chi connectivity index (χ0n) is 12.3. The van der Waals surface area contributed by atoms with E-state index in [1.165, 1.54) is 12.1 Å². The van der Waals surface area contributed by atoms with Crippen LogP contribution >= 0.6 is 0 Å². The van der Waals surface area contributed by atoms with E-state index >= 15 is 0 Å². The smallest absolute Gasteiger partial charge is 0.488 e. The zero-order valence-corrected chi connectivity index (χ0v) is 13.1. The van der Waals surface area contributed by atoms with Crippen molar-refractivity contribution in [2.45, 2.75) is 18.9 Å². The Balaban J connectivity index is 1.98. The maximum Gasteiger partial charge on any atom is 0.488 e. The fraction of sp³-hybridized carbons (Fsp3) is 0.385. The van der Waals surface area contributed by atoms with Crippen LogP contribution in [-0.2, 0) is 20.1 Å². The van der Waals surface area contributed by atoms with Crippen LogP contribution in [0, 0.1) is 0 Å². The Morgan fingerprint density at radius 3 is 2.79 bits per heavy atom. The summed E-state index contributed by atoms with van der Waals surface area (Å²) in [5.41, 5.74) is 0.212. The summed E-state index contributed by atoms with van der Waals surface area (Å²) in [4.78, 5) is 25.0. The molecule has 0 spiro atoms. The number of rotatable bonds is 3. The van der Waals surface area contributed by atoms with Crippen molar-refractivity contribution in [2.75, 3.05) is 18.1 Å². The third-order valence-electron chi connectivity index (χ3n) is 3.77. The van der Waals surface area contributed by atoms with E-state index in [1.54, 1.807) is 4.90 Å². The molecule has 2 aliphatic rings. The van der Waals surface area contributed by atoms with Gasteiger partial charge in [0.15, 0.2) is 0 Å². The molecule has 1 unspecified atom stereocenters. The van der Waals surface area contributed by atoms with E-state index in [4.69, 9.17) is 12.6 Å². The molecule has 126 valence electrons. The van der Waals surface area contributed by atoms with Crippen LogP contribution in [0.15, 0.2) is 12.1 Å². The van der Waals surface area contributed by atoms with Gasteiger partial charge in [-0.2, -0.15) is 8.42 Å². The van der Waals surface area contributed by atoms with E-state index in [9.17, 15) is 21.9 Å². The van der Waals surface area contributed by atoms with Crippen LogP contribution in [0.4, 0.5) is 9.57 Å². The largest absolute Gasteiger partial charge is 0.490 e. The molecule has 1 aromatic carbocycles. The Kier molecular flexibility index (Phi) is 4.12. The highest BCUT2D eigenvalue weighted by molar-refractivity contribution is 7.81. The molecule has 2 aliphatic heterocycles. The highest BCUT2D eigenvalue weighted by atomic mass is 32.3. The van der Waals surface area contributed by atoms with E-state index in [2.05, 4.69) is 9.50 Å². The number of nitrogens with one attached hydrogen (secondary N) is 1. The summed E-state index contributed by atoms with van der Waals surface area (Å²) < 4.78 is 43.9. The lowest BCUT2D eigenvalue weighted by Gasteiger charge is -2.38. The van der Waals surface area contributed by atoms with Gasteiger partial charge in [0.2, 0.25) is 11.8 Å². The van der Waals surface area contributed by atoms with Crippen molar-refractivity contribution >= 4 is 41.3 Å². The topological polar surface area (TPSA) is 102 Å². The average molecular weight is 354 g/mol. The van der Waals surface area contributed by atoms with Gasteiger partial charge in [-0.3, -0.25) is 14.9 Å². The minimum absolute atomic E-state index is 0.125. The number of carbonyl (C=O) groups excluding carboxylic acids is 2. The van der Waals surface area contributed by atoms with Gasteiger partial charge in [-0.1, -0.05) is 3.89 Å². The fourth-order valence-electron chi connectivity index (χ4n) is 2.76. The Hall–Kier alpha value is -2.30. The molecule has 8 nitrogen and oxygen atoms in total. The van der Waals surface area contributed by atoms with Crippen LogP contribution in [0.5, 0.6) is 11.5 Å². The molecule has 11 heteroatoms. The fourth-order valence-corrected chi connectivity index (χ4v) is 3.12. The average Bonchev–Trinajstić information content (AvgIpc) is 2.46. The number of carbonyl (C=O) groups is 2. The van der Waals surface area contributed by atoms with Crippen LogP contribution in [0.25, 0.3) is 0 Å². The quantitative estimate of drug-likeness (QED) is 0.425. The number of fused-ring (bicyclic) bond motifs is 1. The van der Waals surface area contributed by atoms with Crippen molar-refractivity contribution in [3.05, 3.63) is 12.1 Å². The number of anilines is 1. The molecule has 2 amide bonds. The molecule has 2 heterocycles. The van der Waals surface area contributed by atoms with Crippen LogP contribution < -0.4 is 24.6 Å². The molecular weight excluding hydrogens is 342 g/mol. The van der Waals surface area contributed by atoms with E-state index in [0.29, 0.717) is 24.4 Å². The molecule has 1 fully saturated rings. The molecule has 1 aromatic rings. The highest BCUT2D eigenvalue weighted by Gasteiger charge is 2.35. The highest BCUT2D eigenvalue weighted by Crippen LogP contribution is 2.36. The van der Waals surface area contributed by atoms with Crippen LogP contribution in [0.3, 0.4) is 0 Å². The summed E-state index contributed by atoms with van der Waals surface area (Å²) in [6, 6.07) is 1.86. The van der Waals surface area contributed by atoms with Crippen LogP contribution in [0.2, 0.25) is 0 Å². The second kappa shape index (κ2) is 5.97. The maximum absolute atomic E-state index is 12.8. The molecule has 1 N–H and O–H groups in total. The maximum atomic E-state index is 12.8. The standard InChI is InChI=1S/C13H12BFN2O6S/c14-7-5-11-9(6-10(7)23-24(15,20)21)17(3-4-22-11)8-1-2-12(18)16-13(8)19/h5-6,8H,1-4H2,(H,16,18,19). The van der Waals surface area contributed by atoms with Crippen LogP contribution in [0.1, 0.15) is 12.8 Å².